The van der Waals surface area contributed by atoms with Crippen molar-refractivity contribution in [3.63, 3.8) is 0 Å². The number of carboxylic acids is 4. The van der Waals surface area contributed by atoms with Gasteiger partial charge in [-0.05, 0) is 12.8 Å². The Hall–Kier alpha value is -2.38. The summed E-state index contributed by atoms with van der Waals surface area (Å²) < 4.78 is 0. The molecule has 1 radical (unpaired) electrons. The van der Waals surface area contributed by atoms with E-state index in [-0.39, 0.29) is 17.9 Å². The lowest BCUT2D eigenvalue weighted by molar-refractivity contribution is -0.148. The van der Waals surface area contributed by atoms with Crippen molar-refractivity contribution in [2.75, 3.05) is 0 Å². The van der Waals surface area contributed by atoms with Crippen LogP contribution in [-0.2, 0) is 19.2 Å². The Kier molecular flexibility index (Phi) is 5.45. The van der Waals surface area contributed by atoms with Crippen molar-refractivity contribution in [3.05, 3.63) is 17.6 Å². The largest absolute Gasteiger partial charge is 0.481 e. The minimum Gasteiger partial charge on any atom is -0.481 e. The molecular weight excluding hydrogens is 284 g/mol. The highest BCUT2D eigenvalue weighted by Crippen LogP contribution is 2.41. The number of allylic oxidation sites excluding steroid dienone is 1. The summed E-state index contributed by atoms with van der Waals surface area (Å²) in [5.74, 6) is -7.88. The van der Waals surface area contributed by atoms with Crippen LogP contribution in [0.3, 0.4) is 0 Å². The molecule has 2 unspecified atom stereocenters. The van der Waals surface area contributed by atoms with Gasteiger partial charge in [-0.2, -0.15) is 0 Å². The Labute approximate surface area is 119 Å². The first-order valence-corrected chi connectivity index (χ1v) is 6.19. The molecule has 1 aliphatic carbocycles. The van der Waals surface area contributed by atoms with E-state index >= 15 is 0 Å². The van der Waals surface area contributed by atoms with Crippen molar-refractivity contribution >= 4 is 23.9 Å². The summed E-state index contributed by atoms with van der Waals surface area (Å²) in [5.41, 5.74) is 0.124. The minimum atomic E-state index is -1.37. The van der Waals surface area contributed by atoms with E-state index in [1.54, 1.807) is 0 Å². The summed E-state index contributed by atoms with van der Waals surface area (Å²) >= 11 is 0. The maximum Gasteiger partial charge on any atom is 0.311 e. The lowest BCUT2D eigenvalue weighted by atomic mass is 9.78. The van der Waals surface area contributed by atoms with Crippen LogP contribution >= 0.6 is 0 Å². The lowest BCUT2D eigenvalue weighted by Gasteiger charge is -2.24. The van der Waals surface area contributed by atoms with E-state index < -0.39 is 48.6 Å². The summed E-state index contributed by atoms with van der Waals surface area (Å²) in [6.07, 6.45) is 0.737. The molecule has 2 atom stereocenters. The fourth-order valence-corrected chi connectivity index (χ4v) is 2.44. The Bertz CT molecular complexity index is 492. The van der Waals surface area contributed by atoms with Crippen LogP contribution in [0.5, 0.6) is 0 Å². The van der Waals surface area contributed by atoms with Crippen molar-refractivity contribution in [1.29, 1.82) is 0 Å². The van der Waals surface area contributed by atoms with Gasteiger partial charge in [-0.25, -0.2) is 0 Å². The zero-order chi connectivity index (χ0) is 16.2. The molecule has 0 heterocycles. The van der Waals surface area contributed by atoms with Gasteiger partial charge in [0.05, 0.1) is 24.7 Å². The van der Waals surface area contributed by atoms with Gasteiger partial charge in [0.2, 0.25) is 0 Å². The smallest absolute Gasteiger partial charge is 0.311 e. The van der Waals surface area contributed by atoms with E-state index in [1.165, 1.54) is 6.08 Å². The predicted octanol–water partition coefficient (Wildman–Crippen LogP) is 0.632. The minimum absolute atomic E-state index is 0.124. The molecule has 0 saturated carbocycles. The van der Waals surface area contributed by atoms with Gasteiger partial charge in [0.1, 0.15) is 0 Å². The first kappa shape index (κ1) is 16.7. The second-order valence-electron chi connectivity index (χ2n) is 4.70. The monoisotopic (exact) mass is 299 g/mol. The van der Waals surface area contributed by atoms with Crippen LogP contribution in [0, 0.1) is 17.8 Å². The molecule has 4 N–H and O–H groups in total. The molecule has 0 fully saturated rings. The summed E-state index contributed by atoms with van der Waals surface area (Å²) in [4.78, 5) is 43.9. The average molecular weight is 299 g/mol. The van der Waals surface area contributed by atoms with Crippen molar-refractivity contribution in [3.8, 4) is 0 Å². The molecule has 115 valence electrons. The number of rotatable bonds is 8. The molecule has 1 aliphatic rings. The Morgan fingerprint density at radius 1 is 0.905 bits per heavy atom. The van der Waals surface area contributed by atoms with Gasteiger partial charge in [0.15, 0.2) is 0 Å². The van der Waals surface area contributed by atoms with Gasteiger partial charge >= 0.3 is 23.9 Å². The normalized spacial score (nSPS) is 17.8. The molecule has 0 bridgehead atoms. The van der Waals surface area contributed by atoms with Crippen LogP contribution in [0.1, 0.15) is 25.7 Å². The van der Waals surface area contributed by atoms with Gasteiger partial charge in [0.25, 0.3) is 0 Å². The van der Waals surface area contributed by atoms with Crippen LogP contribution in [-0.4, -0.2) is 44.3 Å². The molecule has 0 amide bonds. The summed E-state index contributed by atoms with van der Waals surface area (Å²) in [7, 11) is 0. The highest BCUT2D eigenvalue weighted by atomic mass is 16.4. The van der Waals surface area contributed by atoms with Crippen molar-refractivity contribution in [2.45, 2.75) is 25.7 Å². The number of hydrogen-bond acceptors (Lipinski definition) is 4. The number of carbonyl (C=O) groups is 4. The summed E-state index contributed by atoms with van der Waals surface area (Å²) in [6, 6.07) is 0. The van der Waals surface area contributed by atoms with E-state index in [0.29, 0.717) is 6.42 Å². The molecule has 0 saturated heterocycles. The van der Waals surface area contributed by atoms with Gasteiger partial charge < -0.3 is 20.4 Å². The Morgan fingerprint density at radius 3 is 1.81 bits per heavy atom. The number of carboxylic acid groups (broad SMARTS) is 4. The third-order valence-corrected chi connectivity index (χ3v) is 3.30. The highest BCUT2D eigenvalue weighted by Gasteiger charge is 2.40. The predicted molar refractivity (Wildman–Crippen MR) is 67.3 cm³/mol. The molecule has 0 spiro atoms. The Balaban J connectivity index is 3.04. The molecule has 1 rings (SSSR count). The maximum absolute atomic E-state index is 11.2. The van der Waals surface area contributed by atoms with Gasteiger partial charge in [-0.15, -0.1) is 0 Å². The fraction of sp³-hybridized carbons (Fsp3) is 0.462. The van der Waals surface area contributed by atoms with Crippen LogP contribution in [0.15, 0.2) is 11.6 Å². The maximum atomic E-state index is 11.2. The molecule has 8 heteroatoms. The molecular formula is C13H15O8. The first-order valence-electron chi connectivity index (χ1n) is 6.19. The zero-order valence-electron chi connectivity index (χ0n) is 11.0. The molecule has 8 nitrogen and oxygen atoms in total. The lowest BCUT2D eigenvalue weighted by Crippen LogP contribution is -2.30. The summed E-state index contributed by atoms with van der Waals surface area (Å²) in [5, 5.41) is 35.8. The van der Waals surface area contributed by atoms with Crippen LogP contribution in [0.4, 0.5) is 0 Å². The van der Waals surface area contributed by atoms with Crippen molar-refractivity contribution in [1.82, 2.24) is 0 Å². The van der Waals surface area contributed by atoms with E-state index in [4.69, 9.17) is 20.4 Å². The standard InChI is InChI=1S/C13H15O8/c14-10(15)4-8(12(18)19)6-2-1-3-7(6)9(13(20)21)5-11(16)17/h2,8-9H,1,3-5H2,(H,14,15)(H,16,17)(H,18,19)(H,20,21). The average Bonchev–Trinajstić information content (AvgIpc) is 2.80. The number of hydrogen-bond donors (Lipinski definition) is 4. The third-order valence-electron chi connectivity index (χ3n) is 3.30. The van der Waals surface area contributed by atoms with E-state index in [9.17, 15) is 19.2 Å². The highest BCUT2D eigenvalue weighted by molar-refractivity contribution is 5.85. The number of aliphatic carboxylic acids is 4. The molecule has 0 aromatic heterocycles. The van der Waals surface area contributed by atoms with Gasteiger partial charge in [0, 0.05) is 5.92 Å². The van der Waals surface area contributed by atoms with Crippen molar-refractivity contribution < 1.29 is 39.6 Å². The quantitative estimate of drug-likeness (QED) is 0.509. The molecule has 21 heavy (non-hydrogen) atoms. The first-order chi connectivity index (χ1) is 9.73. The van der Waals surface area contributed by atoms with Crippen LogP contribution in [0.2, 0.25) is 0 Å². The van der Waals surface area contributed by atoms with Crippen LogP contribution in [0.25, 0.3) is 0 Å². The SMILES string of the molecule is O=C(O)CC([C]1CCC=C1C(CC(=O)O)C(=O)O)C(=O)O. The van der Waals surface area contributed by atoms with Gasteiger partial charge in [-0.1, -0.05) is 11.6 Å². The van der Waals surface area contributed by atoms with Crippen molar-refractivity contribution in [2.24, 2.45) is 11.8 Å². The van der Waals surface area contributed by atoms with E-state index in [2.05, 4.69) is 0 Å². The molecule has 0 aromatic carbocycles. The third kappa shape index (κ3) is 4.30. The summed E-state index contributed by atoms with van der Waals surface area (Å²) in [6.45, 7) is 0. The second-order valence-corrected chi connectivity index (χ2v) is 4.70. The van der Waals surface area contributed by atoms with Gasteiger partial charge in [-0.3, -0.25) is 19.2 Å². The van der Waals surface area contributed by atoms with E-state index in [1.807, 2.05) is 0 Å². The topological polar surface area (TPSA) is 149 Å². The Morgan fingerprint density at radius 2 is 1.38 bits per heavy atom. The fourth-order valence-electron chi connectivity index (χ4n) is 2.44. The second kappa shape index (κ2) is 6.87. The van der Waals surface area contributed by atoms with E-state index in [0.717, 1.165) is 0 Å². The zero-order valence-corrected chi connectivity index (χ0v) is 11.0. The molecule has 0 aliphatic heterocycles. The molecule has 0 aromatic rings. The van der Waals surface area contributed by atoms with Crippen LogP contribution < -0.4 is 0 Å².